The van der Waals surface area contributed by atoms with Crippen LogP contribution in [0, 0.1) is 0 Å². The van der Waals surface area contributed by atoms with Gasteiger partial charge in [0.25, 0.3) is 0 Å². The molecule has 27 heavy (non-hydrogen) atoms. The van der Waals surface area contributed by atoms with Crippen molar-refractivity contribution in [2.24, 2.45) is 0 Å². The van der Waals surface area contributed by atoms with Gasteiger partial charge in [-0.2, -0.15) is 4.31 Å². The van der Waals surface area contributed by atoms with Crippen molar-refractivity contribution in [3.8, 4) is 5.75 Å². The second-order valence-electron chi connectivity index (χ2n) is 6.66. The van der Waals surface area contributed by atoms with Crippen LogP contribution in [-0.2, 0) is 23.1 Å². The lowest BCUT2D eigenvalue weighted by molar-refractivity contribution is 0.307. The van der Waals surface area contributed by atoms with E-state index >= 15 is 0 Å². The van der Waals surface area contributed by atoms with Crippen molar-refractivity contribution < 1.29 is 13.2 Å². The fourth-order valence-electron chi connectivity index (χ4n) is 3.67. The van der Waals surface area contributed by atoms with Gasteiger partial charge < -0.3 is 14.6 Å². The molecule has 0 aliphatic carbocycles. The van der Waals surface area contributed by atoms with E-state index in [1.807, 2.05) is 0 Å². The summed E-state index contributed by atoms with van der Waals surface area (Å²) in [6.07, 6.45) is 1.53. The Bertz CT molecular complexity index is 876. The van der Waals surface area contributed by atoms with E-state index in [0.717, 1.165) is 44.1 Å². The molecule has 4 rings (SSSR count). The number of rotatable bonds is 4. The second-order valence-corrected chi connectivity index (χ2v) is 8.59. The zero-order chi connectivity index (χ0) is 18.1. The molecule has 1 fully saturated rings. The highest BCUT2D eigenvalue weighted by Crippen LogP contribution is 2.31. The number of nitrogens with one attached hydrogen (secondary N) is 1. The number of halogens is 1. The summed E-state index contributed by atoms with van der Waals surface area (Å²) in [5.41, 5.74) is 0. The third-order valence-corrected chi connectivity index (χ3v) is 7.08. The molecular weight excluding hydrogens is 390 g/mol. The Morgan fingerprint density at radius 1 is 1.11 bits per heavy atom. The molecule has 1 N–H and O–H groups in total. The van der Waals surface area contributed by atoms with Gasteiger partial charge in [-0.3, -0.25) is 0 Å². The Kier molecular flexibility index (Phi) is 6.05. The average Bonchev–Trinajstić information content (AvgIpc) is 3.12. The van der Waals surface area contributed by atoms with E-state index in [2.05, 4.69) is 20.1 Å². The van der Waals surface area contributed by atoms with Crippen LogP contribution < -0.4 is 10.1 Å². The number of aromatic nitrogens is 3. The Hall–Kier alpha value is -1.68. The van der Waals surface area contributed by atoms with Crippen molar-refractivity contribution in [3.05, 3.63) is 35.9 Å². The number of ether oxygens (including phenoxy) is 1. The number of fused-ring (bicyclic) bond motifs is 1. The topological polar surface area (TPSA) is 89.4 Å². The Morgan fingerprint density at radius 3 is 2.48 bits per heavy atom. The molecule has 148 valence electrons. The van der Waals surface area contributed by atoms with Gasteiger partial charge in [0.15, 0.2) is 0 Å². The highest BCUT2D eigenvalue weighted by Gasteiger charge is 2.32. The highest BCUT2D eigenvalue weighted by atomic mass is 35.5. The minimum absolute atomic E-state index is 0. The summed E-state index contributed by atoms with van der Waals surface area (Å²) in [5.74, 6) is 2.88. The largest absolute Gasteiger partial charge is 0.497 e. The maximum Gasteiger partial charge on any atom is 0.243 e. The van der Waals surface area contributed by atoms with Gasteiger partial charge in [0.1, 0.15) is 17.4 Å². The van der Waals surface area contributed by atoms with Gasteiger partial charge in [-0.05, 0) is 37.1 Å². The third kappa shape index (κ3) is 3.82. The van der Waals surface area contributed by atoms with Crippen molar-refractivity contribution in [3.63, 3.8) is 0 Å². The molecule has 3 heterocycles. The van der Waals surface area contributed by atoms with Crippen LogP contribution >= 0.6 is 12.4 Å². The van der Waals surface area contributed by atoms with Gasteiger partial charge in [-0.15, -0.1) is 22.6 Å². The Morgan fingerprint density at radius 2 is 1.81 bits per heavy atom. The zero-order valence-electron chi connectivity index (χ0n) is 15.2. The summed E-state index contributed by atoms with van der Waals surface area (Å²) < 4.78 is 34.6. The maximum atomic E-state index is 12.9. The van der Waals surface area contributed by atoms with Gasteiger partial charge in [-0.25, -0.2) is 8.42 Å². The summed E-state index contributed by atoms with van der Waals surface area (Å²) in [7, 11) is -1.91. The Balaban J connectivity index is 0.00000210. The monoisotopic (exact) mass is 413 g/mol. The van der Waals surface area contributed by atoms with Crippen LogP contribution in [0.4, 0.5) is 0 Å². The molecular formula is C17H24ClN5O3S. The first-order valence-electron chi connectivity index (χ1n) is 8.86. The van der Waals surface area contributed by atoms with E-state index in [1.165, 1.54) is 0 Å². The number of nitrogens with zero attached hydrogens (tertiary/aromatic N) is 4. The molecule has 0 atom stereocenters. The lowest BCUT2D eigenvalue weighted by atomic mass is 9.97. The van der Waals surface area contributed by atoms with Crippen LogP contribution in [0.2, 0.25) is 0 Å². The predicted molar refractivity (Wildman–Crippen MR) is 103 cm³/mol. The number of methoxy groups -OCH3 is 1. The lowest BCUT2D eigenvalue weighted by Crippen LogP contribution is -2.38. The molecule has 8 nitrogen and oxygen atoms in total. The van der Waals surface area contributed by atoms with E-state index < -0.39 is 10.0 Å². The molecule has 10 heteroatoms. The molecule has 0 radical (unpaired) electrons. The predicted octanol–water partition coefficient (Wildman–Crippen LogP) is 1.38. The standard InChI is InChI=1S/C17H23N5O3S.ClH/c1-25-14-2-4-15(5-3-14)26(23,24)21-9-6-13(7-10-21)17-20-19-16-12-18-8-11-22(16)17;/h2-5,13,18H,6-12H2,1H3;1H. The number of sulfonamides is 1. The number of benzene rings is 1. The van der Waals surface area contributed by atoms with E-state index in [1.54, 1.807) is 35.7 Å². The van der Waals surface area contributed by atoms with Crippen LogP contribution in [0.3, 0.4) is 0 Å². The first-order valence-corrected chi connectivity index (χ1v) is 10.3. The molecule has 2 aromatic rings. The molecule has 0 amide bonds. The minimum atomic E-state index is -3.47. The lowest BCUT2D eigenvalue weighted by Gasteiger charge is -2.31. The molecule has 2 aliphatic rings. The zero-order valence-corrected chi connectivity index (χ0v) is 16.8. The summed E-state index contributed by atoms with van der Waals surface area (Å²) in [4.78, 5) is 0.308. The number of piperidine rings is 1. The summed E-state index contributed by atoms with van der Waals surface area (Å²) in [6.45, 7) is 3.54. The van der Waals surface area contributed by atoms with Crippen molar-refractivity contribution >= 4 is 22.4 Å². The molecule has 0 unspecified atom stereocenters. The van der Waals surface area contributed by atoms with Gasteiger partial charge >= 0.3 is 0 Å². The fraction of sp³-hybridized carbons (Fsp3) is 0.529. The van der Waals surface area contributed by atoms with E-state index in [-0.39, 0.29) is 18.3 Å². The van der Waals surface area contributed by atoms with E-state index in [0.29, 0.717) is 23.7 Å². The van der Waals surface area contributed by atoms with Crippen LogP contribution in [0.5, 0.6) is 5.75 Å². The molecule has 1 aromatic heterocycles. The third-order valence-electron chi connectivity index (χ3n) is 5.17. The van der Waals surface area contributed by atoms with E-state index in [4.69, 9.17) is 4.74 Å². The molecule has 0 bridgehead atoms. The van der Waals surface area contributed by atoms with Gasteiger partial charge in [0.05, 0.1) is 18.6 Å². The molecule has 2 aliphatic heterocycles. The van der Waals surface area contributed by atoms with Gasteiger partial charge in [-0.1, -0.05) is 0 Å². The molecule has 1 aromatic carbocycles. The van der Waals surface area contributed by atoms with Gasteiger partial charge in [0, 0.05) is 32.1 Å². The highest BCUT2D eigenvalue weighted by molar-refractivity contribution is 7.89. The van der Waals surface area contributed by atoms with Gasteiger partial charge in [0.2, 0.25) is 10.0 Å². The average molecular weight is 414 g/mol. The summed E-state index contributed by atoms with van der Waals surface area (Å²) in [6, 6.07) is 6.55. The first kappa shape index (κ1) is 20.1. The van der Waals surface area contributed by atoms with Crippen LogP contribution in [0.15, 0.2) is 29.2 Å². The maximum absolute atomic E-state index is 12.9. The Labute approximate surface area is 165 Å². The van der Waals surface area contributed by atoms with Crippen molar-refractivity contribution in [1.82, 2.24) is 24.4 Å². The normalized spacial score (nSPS) is 18.6. The quantitative estimate of drug-likeness (QED) is 0.814. The SMILES string of the molecule is COc1ccc(S(=O)(=O)N2CCC(c3nnc4n3CCNC4)CC2)cc1.Cl. The molecule has 0 saturated carbocycles. The van der Waals surface area contributed by atoms with Crippen LogP contribution in [-0.4, -0.2) is 54.2 Å². The van der Waals surface area contributed by atoms with Crippen molar-refractivity contribution in [2.45, 2.75) is 36.7 Å². The minimum Gasteiger partial charge on any atom is -0.497 e. The van der Waals surface area contributed by atoms with Crippen LogP contribution in [0.25, 0.3) is 0 Å². The summed E-state index contributed by atoms with van der Waals surface area (Å²) >= 11 is 0. The molecule has 1 saturated heterocycles. The smallest absolute Gasteiger partial charge is 0.243 e. The second kappa shape index (κ2) is 8.14. The molecule has 0 spiro atoms. The number of hydrogen-bond acceptors (Lipinski definition) is 6. The number of hydrogen-bond donors (Lipinski definition) is 1. The first-order chi connectivity index (χ1) is 12.6. The van der Waals surface area contributed by atoms with E-state index in [9.17, 15) is 8.42 Å². The van der Waals surface area contributed by atoms with Crippen molar-refractivity contribution in [1.29, 1.82) is 0 Å². The van der Waals surface area contributed by atoms with Crippen molar-refractivity contribution in [2.75, 3.05) is 26.7 Å². The summed E-state index contributed by atoms with van der Waals surface area (Å²) in [5, 5.41) is 11.9. The fourth-order valence-corrected chi connectivity index (χ4v) is 5.14. The van der Waals surface area contributed by atoms with Crippen LogP contribution in [0.1, 0.15) is 30.4 Å².